The lowest BCUT2D eigenvalue weighted by Gasteiger charge is -2.48. The van der Waals surface area contributed by atoms with Crippen LogP contribution in [-0.4, -0.2) is 51.9 Å². The van der Waals surface area contributed by atoms with Crippen LogP contribution in [0.5, 0.6) is 0 Å². The topological polar surface area (TPSA) is 75.7 Å². The van der Waals surface area contributed by atoms with Crippen LogP contribution in [0.25, 0.3) is 0 Å². The minimum absolute atomic E-state index is 0.0315. The van der Waals surface area contributed by atoms with E-state index in [9.17, 15) is 13.2 Å². The van der Waals surface area contributed by atoms with Crippen LogP contribution in [0.15, 0.2) is 29.2 Å². The zero-order chi connectivity index (χ0) is 17.9. The van der Waals surface area contributed by atoms with Gasteiger partial charge in [-0.2, -0.15) is 0 Å². The van der Waals surface area contributed by atoms with Gasteiger partial charge in [0.2, 0.25) is 0 Å². The van der Waals surface area contributed by atoms with E-state index >= 15 is 0 Å². The predicted octanol–water partition coefficient (Wildman–Crippen LogP) is 2.19. The summed E-state index contributed by atoms with van der Waals surface area (Å²) in [5, 5.41) is 2.92. The molecule has 0 bridgehead atoms. The second-order valence-electron chi connectivity index (χ2n) is 7.18. The molecule has 3 rings (SSSR count). The molecule has 2 aliphatic rings. The number of sulfone groups is 1. The van der Waals surface area contributed by atoms with E-state index in [1.165, 1.54) is 32.8 Å². The van der Waals surface area contributed by atoms with Crippen LogP contribution in [0.4, 0.5) is 4.79 Å². The van der Waals surface area contributed by atoms with Gasteiger partial charge in [0, 0.05) is 32.2 Å². The quantitative estimate of drug-likeness (QED) is 0.837. The molecule has 1 spiro atoms. The van der Waals surface area contributed by atoms with Crippen molar-refractivity contribution in [1.29, 1.82) is 0 Å². The highest BCUT2D eigenvalue weighted by Crippen LogP contribution is 2.45. The maximum absolute atomic E-state index is 12.2. The molecule has 2 fully saturated rings. The first-order valence-electron chi connectivity index (χ1n) is 8.78. The van der Waals surface area contributed by atoms with Gasteiger partial charge in [-0.25, -0.2) is 13.2 Å². The van der Waals surface area contributed by atoms with Crippen molar-refractivity contribution in [3.63, 3.8) is 0 Å². The Hall–Kier alpha value is -1.60. The Labute approximate surface area is 149 Å². The van der Waals surface area contributed by atoms with Crippen molar-refractivity contribution >= 4 is 15.9 Å². The zero-order valence-corrected chi connectivity index (χ0v) is 15.5. The average Bonchev–Trinajstić information content (AvgIpc) is 3.07. The molecule has 0 atom stereocenters. The van der Waals surface area contributed by atoms with Crippen molar-refractivity contribution in [2.24, 2.45) is 5.41 Å². The molecule has 1 aliphatic heterocycles. The fraction of sp³-hybridized carbons (Fsp3) is 0.611. The molecule has 1 saturated carbocycles. The third-order valence-corrected chi connectivity index (χ3v) is 6.98. The Morgan fingerprint density at radius 1 is 1.20 bits per heavy atom. The molecule has 25 heavy (non-hydrogen) atoms. The van der Waals surface area contributed by atoms with Gasteiger partial charge in [0.1, 0.15) is 0 Å². The Morgan fingerprint density at radius 3 is 2.44 bits per heavy atom. The van der Waals surface area contributed by atoms with Gasteiger partial charge in [-0.15, -0.1) is 0 Å². The van der Waals surface area contributed by atoms with Crippen molar-refractivity contribution in [3.8, 4) is 0 Å². The minimum atomic E-state index is -3.31. The number of nitrogens with one attached hydrogen (secondary N) is 1. The van der Waals surface area contributed by atoms with Crippen molar-refractivity contribution in [2.45, 2.75) is 37.1 Å². The van der Waals surface area contributed by atoms with Crippen molar-refractivity contribution in [3.05, 3.63) is 29.8 Å². The summed E-state index contributed by atoms with van der Waals surface area (Å²) in [4.78, 5) is 14.3. The highest BCUT2D eigenvalue weighted by atomic mass is 32.2. The monoisotopic (exact) mass is 366 g/mol. The van der Waals surface area contributed by atoms with E-state index in [2.05, 4.69) is 5.32 Å². The molecule has 0 unspecified atom stereocenters. The Balaban J connectivity index is 1.48. The first kappa shape index (κ1) is 18.2. The van der Waals surface area contributed by atoms with Crippen LogP contribution in [0, 0.1) is 5.41 Å². The van der Waals surface area contributed by atoms with Gasteiger partial charge in [0.05, 0.1) is 17.3 Å². The fourth-order valence-electron chi connectivity index (χ4n) is 3.76. The number of rotatable bonds is 6. The van der Waals surface area contributed by atoms with Gasteiger partial charge >= 0.3 is 6.03 Å². The van der Waals surface area contributed by atoms with Gasteiger partial charge in [0.15, 0.2) is 9.84 Å². The number of urea groups is 1. The number of hydrogen-bond donors (Lipinski definition) is 1. The van der Waals surface area contributed by atoms with E-state index in [1.54, 1.807) is 24.3 Å². The molecule has 1 aromatic rings. The van der Waals surface area contributed by atoms with Crippen molar-refractivity contribution in [2.75, 3.05) is 32.6 Å². The SMILES string of the molecule is COCCS(=O)(=O)c1ccc(CNC(=O)N2CC3(CCCC3)C2)cc1. The highest BCUT2D eigenvalue weighted by Gasteiger charge is 2.46. The zero-order valence-electron chi connectivity index (χ0n) is 14.7. The normalized spacial score (nSPS) is 19.0. The smallest absolute Gasteiger partial charge is 0.317 e. The molecule has 0 aromatic heterocycles. The van der Waals surface area contributed by atoms with Gasteiger partial charge in [0.25, 0.3) is 0 Å². The molecule has 7 heteroatoms. The number of hydrogen-bond acceptors (Lipinski definition) is 4. The number of benzene rings is 1. The second kappa shape index (κ2) is 7.33. The average molecular weight is 366 g/mol. The van der Waals surface area contributed by atoms with E-state index < -0.39 is 9.84 Å². The summed E-state index contributed by atoms with van der Waals surface area (Å²) in [6, 6.07) is 6.63. The lowest BCUT2D eigenvalue weighted by Crippen LogP contribution is -2.59. The van der Waals surface area contributed by atoms with Crippen LogP contribution < -0.4 is 5.32 Å². The van der Waals surface area contributed by atoms with Crippen LogP contribution >= 0.6 is 0 Å². The first-order chi connectivity index (χ1) is 11.9. The van der Waals surface area contributed by atoms with Crippen molar-refractivity contribution in [1.82, 2.24) is 10.2 Å². The maximum Gasteiger partial charge on any atom is 0.317 e. The molecule has 1 heterocycles. The summed E-state index contributed by atoms with van der Waals surface area (Å²) in [7, 11) is -1.83. The van der Waals surface area contributed by atoms with Crippen LogP contribution in [0.2, 0.25) is 0 Å². The van der Waals surface area contributed by atoms with Crippen molar-refractivity contribution < 1.29 is 17.9 Å². The highest BCUT2D eigenvalue weighted by molar-refractivity contribution is 7.91. The summed E-state index contributed by atoms with van der Waals surface area (Å²) in [5.74, 6) is -0.0315. The minimum Gasteiger partial charge on any atom is -0.384 e. The first-order valence-corrected chi connectivity index (χ1v) is 10.4. The molecule has 6 nitrogen and oxygen atoms in total. The second-order valence-corrected chi connectivity index (χ2v) is 9.29. The molecular formula is C18H26N2O4S. The lowest BCUT2D eigenvalue weighted by molar-refractivity contribution is 0.0370. The Kier molecular flexibility index (Phi) is 5.34. The van der Waals surface area contributed by atoms with E-state index in [0.717, 1.165) is 18.7 Å². The molecular weight excluding hydrogens is 340 g/mol. The lowest BCUT2D eigenvalue weighted by atomic mass is 9.78. The van der Waals surface area contributed by atoms with Gasteiger partial charge < -0.3 is 15.0 Å². The standard InChI is InChI=1S/C18H26N2O4S/c1-24-10-11-25(22,23)16-6-4-15(5-7-16)12-19-17(21)20-13-18(14-20)8-2-3-9-18/h4-7H,2-3,8-14H2,1H3,(H,19,21). The van der Waals surface area contributed by atoms with E-state index in [4.69, 9.17) is 4.74 Å². The third kappa shape index (κ3) is 4.15. The molecule has 2 amide bonds. The number of ether oxygens (including phenoxy) is 1. The molecule has 1 N–H and O–H groups in total. The van der Waals surface area contributed by atoms with Crippen LogP contribution in [0.3, 0.4) is 0 Å². The number of amides is 2. The fourth-order valence-corrected chi connectivity index (χ4v) is 4.94. The van der Waals surface area contributed by atoms with Crippen LogP contribution in [-0.2, 0) is 21.1 Å². The van der Waals surface area contributed by atoms with E-state index in [1.807, 2.05) is 4.90 Å². The Bertz CT molecular complexity index is 701. The number of methoxy groups -OCH3 is 1. The summed E-state index contributed by atoms with van der Waals surface area (Å²) in [6.07, 6.45) is 5.07. The summed E-state index contributed by atoms with van der Waals surface area (Å²) in [6.45, 7) is 2.32. The number of carbonyl (C=O) groups is 1. The molecule has 1 aromatic carbocycles. The summed E-state index contributed by atoms with van der Waals surface area (Å²) >= 11 is 0. The van der Waals surface area contributed by atoms with Gasteiger partial charge in [-0.1, -0.05) is 25.0 Å². The van der Waals surface area contributed by atoms with Gasteiger partial charge in [-0.05, 0) is 30.5 Å². The molecule has 1 saturated heterocycles. The van der Waals surface area contributed by atoms with Crippen LogP contribution in [0.1, 0.15) is 31.2 Å². The molecule has 138 valence electrons. The molecule has 1 aliphatic carbocycles. The number of carbonyl (C=O) groups excluding carboxylic acids is 1. The summed E-state index contributed by atoms with van der Waals surface area (Å²) in [5.41, 5.74) is 1.28. The van der Waals surface area contributed by atoms with E-state index in [0.29, 0.717) is 12.0 Å². The third-order valence-electron chi connectivity index (χ3n) is 5.29. The Morgan fingerprint density at radius 2 is 1.84 bits per heavy atom. The largest absolute Gasteiger partial charge is 0.384 e. The predicted molar refractivity (Wildman–Crippen MR) is 95.1 cm³/mol. The van der Waals surface area contributed by atoms with E-state index in [-0.39, 0.29) is 23.3 Å². The number of nitrogens with zero attached hydrogens (tertiary/aromatic N) is 1. The molecule has 0 radical (unpaired) electrons. The number of likely N-dealkylation sites (tertiary alicyclic amines) is 1. The summed E-state index contributed by atoms with van der Waals surface area (Å²) < 4.78 is 29.0. The maximum atomic E-state index is 12.2. The van der Waals surface area contributed by atoms with Gasteiger partial charge in [-0.3, -0.25) is 0 Å².